The fourth-order valence-electron chi connectivity index (χ4n) is 2.69. The summed E-state index contributed by atoms with van der Waals surface area (Å²) in [5, 5.41) is 12.1. The number of halogens is 1. The van der Waals surface area contributed by atoms with Gasteiger partial charge in [0.1, 0.15) is 5.57 Å². The predicted octanol–water partition coefficient (Wildman–Crippen LogP) is 2.98. The summed E-state index contributed by atoms with van der Waals surface area (Å²) in [5.41, 5.74) is 1.40. The van der Waals surface area contributed by atoms with Gasteiger partial charge in [-0.15, -0.1) is 0 Å². The monoisotopic (exact) mass is 478 g/mol. The number of nitrogens with one attached hydrogen (secondary N) is 1. The van der Waals surface area contributed by atoms with Crippen molar-refractivity contribution in [3.8, 4) is 11.5 Å². The molecule has 2 N–H and O–H groups in total. The first-order chi connectivity index (χ1) is 12.8. The molecule has 2 aromatic rings. The molecule has 0 aromatic heterocycles. The second-order valence-corrected chi connectivity index (χ2v) is 6.96. The largest absolute Gasteiger partial charge is 0.504 e. The van der Waals surface area contributed by atoms with E-state index in [9.17, 15) is 19.5 Å². The van der Waals surface area contributed by atoms with Crippen LogP contribution in [0.25, 0.3) is 6.08 Å². The average Bonchev–Trinajstić information content (AvgIpc) is 2.62. The Labute approximate surface area is 168 Å². The molecule has 0 radical (unpaired) electrons. The third kappa shape index (κ3) is 3.52. The lowest BCUT2D eigenvalue weighted by molar-refractivity contribution is -0.122. The van der Waals surface area contributed by atoms with Crippen molar-refractivity contribution in [3.63, 3.8) is 0 Å². The van der Waals surface area contributed by atoms with Crippen molar-refractivity contribution in [2.75, 3.05) is 12.0 Å². The molecule has 138 valence electrons. The van der Waals surface area contributed by atoms with E-state index in [1.165, 1.54) is 19.3 Å². The van der Waals surface area contributed by atoms with Crippen LogP contribution in [0.3, 0.4) is 0 Å². The minimum atomic E-state index is -0.797. The number of carbonyl (C=O) groups is 3. The number of methoxy groups -OCH3 is 1. The predicted molar refractivity (Wildman–Crippen MR) is 108 cm³/mol. The van der Waals surface area contributed by atoms with Crippen molar-refractivity contribution in [2.24, 2.45) is 0 Å². The van der Waals surface area contributed by atoms with Crippen molar-refractivity contribution in [2.45, 2.75) is 6.92 Å². The molecule has 0 unspecified atom stereocenters. The smallest absolute Gasteiger partial charge is 0.335 e. The number of benzene rings is 2. The van der Waals surface area contributed by atoms with Gasteiger partial charge in [-0.2, -0.15) is 0 Å². The number of aryl methyl sites for hydroxylation is 1. The van der Waals surface area contributed by atoms with Crippen molar-refractivity contribution in [1.82, 2.24) is 5.32 Å². The molecule has 0 atom stereocenters. The number of anilines is 1. The number of nitrogens with zero attached hydrogens (tertiary/aromatic N) is 1. The lowest BCUT2D eigenvalue weighted by Gasteiger charge is -2.27. The number of phenols is 1. The van der Waals surface area contributed by atoms with E-state index < -0.39 is 17.8 Å². The van der Waals surface area contributed by atoms with Gasteiger partial charge in [0.05, 0.1) is 16.4 Å². The molecule has 0 aliphatic carbocycles. The van der Waals surface area contributed by atoms with Crippen molar-refractivity contribution >= 4 is 52.2 Å². The fraction of sp³-hybridized carbons (Fsp3) is 0.105. The average molecular weight is 478 g/mol. The van der Waals surface area contributed by atoms with Crippen LogP contribution in [0.4, 0.5) is 10.5 Å². The molecular weight excluding hydrogens is 463 g/mol. The minimum Gasteiger partial charge on any atom is -0.504 e. The van der Waals surface area contributed by atoms with Crippen LogP contribution in [-0.2, 0) is 9.59 Å². The number of urea groups is 1. The van der Waals surface area contributed by atoms with Crippen molar-refractivity contribution in [3.05, 3.63) is 56.7 Å². The van der Waals surface area contributed by atoms with Crippen LogP contribution in [0.5, 0.6) is 11.5 Å². The first kappa shape index (κ1) is 18.9. The fourth-order valence-corrected chi connectivity index (χ4v) is 3.32. The van der Waals surface area contributed by atoms with E-state index in [1.54, 1.807) is 37.3 Å². The van der Waals surface area contributed by atoms with Gasteiger partial charge < -0.3 is 9.84 Å². The molecule has 8 heteroatoms. The molecule has 2 aromatic carbocycles. The highest BCUT2D eigenvalue weighted by Crippen LogP contribution is 2.33. The summed E-state index contributed by atoms with van der Waals surface area (Å²) in [6, 6.07) is 9.19. The molecule has 7 nitrogen and oxygen atoms in total. The highest BCUT2D eigenvalue weighted by molar-refractivity contribution is 14.1. The van der Waals surface area contributed by atoms with Crippen molar-refractivity contribution in [1.29, 1.82) is 0 Å². The maximum Gasteiger partial charge on any atom is 0.335 e. The first-order valence-corrected chi connectivity index (χ1v) is 8.95. The minimum absolute atomic E-state index is 0.0311. The summed E-state index contributed by atoms with van der Waals surface area (Å²) in [4.78, 5) is 38.4. The number of barbiturate groups is 1. The quantitative estimate of drug-likeness (QED) is 0.402. The Morgan fingerprint density at radius 3 is 2.56 bits per heavy atom. The van der Waals surface area contributed by atoms with Crippen LogP contribution in [0, 0.1) is 10.5 Å². The van der Waals surface area contributed by atoms with E-state index >= 15 is 0 Å². The Morgan fingerprint density at radius 1 is 1.19 bits per heavy atom. The number of para-hydroxylation sites is 1. The Bertz CT molecular complexity index is 1000. The molecular formula is C19H15IN2O5. The van der Waals surface area contributed by atoms with Gasteiger partial charge in [-0.25, -0.2) is 9.69 Å². The van der Waals surface area contributed by atoms with Crippen LogP contribution in [0.15, 0.2) is 42.0 Å². The van der Waals surface area contributed by atoms with Gasteiger partial charge >= 0.3 is 6.03 Å². The van der Waals surface area contributed by atoms with Gasteiger partial charge in [-0.1, -0.05) is 18.2 Å². The number of aromatic hydroxyl groups is 1. The van der Waals surface area contributed by atoms with Gasteiger partial charge in [0.25, 0.3) is 11.8 Å². The summed E-state index contributed by atoms with van der Waals surface area (Å²) in [6.45, 7) is 1.77. The van der Waals surface area contributed by atoms with E-state index in [1.807, 2.05) is 22.6 Å². The number of phenolic OH excluding ortho intramolecular Hbond substituents is 1. The second kappa shape index (κ2) is 7.39. The Morgan fingerprint density at radius 2 is 1.89 bits per heavy atom. The maximum atomic E-state index is 12.9. The van der Waals surface area contributed by atoms with Gasteiger partial charge in [-0.3, -0.25) is 14.9 Å². The number of hydrogen-bond acceptors (Lipinski definition) is 5. The number of amides is 4. The molecule has 0 spiro atoms. The highest BCUT2D eigenvalue weighted by atomic mass is 127. The van der Waals surface area contributed by atoms with Crippen molar-refractivity contribution < 1.29 is 24.2 Å². The summed E-state index contributed by atoms with van der Waals surface area (Å²) in [7, 11) is 1.40. The summed E-state index contributed by atoms with van der Waals surface area (Å²) in [6.07, 6.45) is 1.36. The van der Waals surface area contributed by atoms with E-state index in [0.717, 1.165) is 10.5 Å². The molecule has 0 saturated carbocycles. The molecule has 1 heterocycles. The molecule has 0 bridgehead atoms. The normalized spacial score (nSPS) is 15.9. The van der Waals surface area contributed by atoms with Gasteiger partial charge in [0, 0.05) is 0 Å². The number of ether oxygens (including phenoxy) is 1. The van der Waals surface area contributed by atoms with E-state index in [4.69, 9.17) is 4.74 Å². The SMILES string of the molecule is COc1cc(C=C2C(=O)NC(=O)N(c3ccccc3C)C2=O)cc(I)c1O. The zero-order chi connectivity index (χ0) is 19.7. The molecule has 4 amide bonds. The Hall–Kier alpha value is -2.88. The third-order valence-electron chi connectivity index (χ3n) is 4.04. The van der Waals surface area contributed by atoms with Crippen LogP contribution in [0.1, 0.15) is 11.1 Å². The number of rotatable bonds is 3. The van der Waals surface area contributed by atoms with E-state index in [0.29, 0.717) is 14.8 Å². The van der Waals surface area contributed by atoms with Gasteiger partial charge in [0.2, 0.25) is 0 Å². The molecule has 3 rings (SSSR count). The number of imide groups is 2. The third-order valence-corrected chi connectivity index (χ3v) is 4.86. The molecule has 1 saturated heterocycles. The Kier molecular flexibility index (Phi) is 5.17. The lowest BCUT2D eigenvalue weighted by atomic mass is 10.1. The van der Waals surface area contributed by atoms with Crippen LogP contribution in [-0.4, -0.2) is 30.1 Å². The molecule has 1 aliphatic heterocycles. The zero-order valence-corrected chi connectivity index (χ0v) is 16.6. The second-order valence-electron chi connectivity index (χ2n) is 5.80. The summed E-state index contributed by atoms with van der Waals surface area (Å²) < 4.78 is 5.59. The van der Waals surface area contributed by atoms with Crippen LogP contribution < -0.4 is 15.0 Å². The number of carbonyl (C=O) groups excluding carboxylic acids is 3. The number of hydrogen-bond donors (Lipinski definition) is 2. The topological polar surface area (TPSA) is 95.9 Å². The lowest BCUT2D eigenvalue weighted by Crippen LogP contribution is -2.54. The standard InChI is InChI=1S/C19H15IN2O5/c1-10-5-3-4-6-14(10)22-18(25)12(17(24)21-19(22)26)7-11-8-13(20)16(23)15(9-11)27-2/h3-9,23H,1-2H3,(H,21,24,26). The first-order valence-electron chi connectivity index (χ1n) is 7.87. The zero-order valence-electron chi connectivity index (χ0n) is 14.4. The summed E-state index contributed by atoms with van der Waals surface area (Å²) in [5.74, 6) is -1.32. The molecule has 1 fully saturated rings. The summed E-state index contributed by atoms with van der Waals surface area (Å²) >= 11 is 1.92. The maximum absolute atomic E-state index is 12.9. The molecule has 1 aliphatic rings. The van der Waals surface area contributed by atoms with Crippen LogP contribution >= 0.6 is 22.6 Å². The molecule has 27 heavy (non-hydrogen) atoms. The highest BCUT2D eigenvalue weighted by Gasteiger charge is 2.37. The van der Waals surface area contributed by atoms with Gasteiger partial charge in [0.15, 0.2) is 11.5 Å². The van der Waals surface area contributed by atoms with Crippen LogP contribution in [0.2, 0.25) is 0 Å². The van der Waals surface area contributed by atoms with Gasteiger partial charge in [-0.05, 0) is 64.9 Å². The van der Waals surface area contributed by atoms with E-state index in [2.05, 4.69) is 5.32 Å². The Balaban J connectivity index is 2.08. The van der Waals surface area contributed by atoms with E-state index in [-0.39, 0.29) is 17.1 Å².